The highest BCUT2D eigenvalue weighted by atomic mass is 32.2. The van der Waals surface area contributed by atoms with Crippen LogP contribution in [0.4, 0.5) is 18.9 Å². The van der Waals surface area contributed by atoms with Crippen LogP contribution in [0.3, 0.4) is 0 Å². The number of aromatic nitrogens is 2. The van der Waals surface area contributed by atoms with Crippen LogP contribution in [-0.4, -0.2) is 27.8 Å². The van der Waals surface area contributed by atoms with Crippen LogP contribution in [0.5, 0.6) is 0 Å². The molecule has 0 N–H and O–H groups in total. The highest BCUT2D eigenvalue weighted by Gasteiger charge is 2.33. The van der Waals surface area contributed by atoms with E-state index < -0.39 is 11.7 Å². The summed E-state index contributed by atoms with van der Waals surface area (Å²) in [5, 5.41) is 3.92. The number of thioether (sulfide) groups is 1. The zero-order chi connectivity index (χ0) is 21.5. The maximum Gasteiger partial charge on any atom is 0.416 e. The summed E-state index contributed by atoms with van der Waals surface area (Å²) >= 11 is 1.48. The summed E-state index contributed by atoms with van der Waals surface area (Å²) in [6.45, 7) is 4.04. The van der Waals surface area contributed by atoms with Gasteiger partial charge in [-0.15, -0.1) is 11.8 Å². The standard InChI is InChI=1S/C21H18F3N3O2S/c1-12-9-10-27(17-11-16(21(22,23)24)7-8-18(17)30-12)20(28)15-5-3-14(4-6-15)19-25-13(2)26-29-19/h3-8,11-12H,9-10H2,1-2H3. The number of aryl methyl sites for hydroxylation is 1. The van der Waals surface area contributed by atoms with E-state index in [2.05, 4.69) is 10.1 Å². The smallest absolute Gasteiger partial charge is 0.334 e. The minimum absolute atomic E-state index is 0.182. The van der Waals surface area contributed by atoms with Gasteiger partial charge in [-0.2, -0.15) is 18.2 Å². The number of halogens is 3. The van der Waals surface area contributed by atoms with Crippen molar-refractivity contribution in [3.8, 4) is 11.5 Å². The Morgan fingerprint density at radius 3 is 2.57 bits per heavy atom. The van der Waals surface area contributed by atoms with Gasteiger partial charge in [0.05, 0.1) is 11.3 Å². The molecule has 30 heavy (non-hydrogen) atoms. The number of hydrogen-bond acceptors (Lipinski definition) is 5. The number of hydrogen-bond donors (Lipinski definition) is 0. The predicted molar refractivity (Wildman–Crippen MR) is 108 cm³/mol. The molecule has 2 heterocycles. The van der Waals surface area contributed by atoms with Gasteiger partial charge in [-0.25, -0.2) is 0 Å². The molecule has 0 saturated heterocycles. The predicted octanol–water partition coefficient (Wildman–Crippen LogP) is 5.59. The van der Waals surface area contributed by atoms with Gasteiger partial charge in [-0.05, 0) is 55.8 Å². The Morgan fingerprint density at radius 1 is 1.20 bits per heavy atom. The number of anilines is 1. The second-order valence-corrected chi connectivity index (χ2v) is 8.56. The maximum absolute atomic E-state index is 13.3. The first-order chi connectivity index (χ1) is 14.2. The fourth-order valence-corrected chi connectivity index (χ4v) is 4.34. The summed E-state index contributed by atoms with van der Waals surface area (Å²) in [4.78, 5) is 19.5. The maximum atomic E-state index is 13.3. The zero-order valence-corrected chi connectivity index (χ0v) is 17.0. The Balaban J connectivity index is 1.68. The van der Waals surface area contributed by atoms with Gasteiger partial charge in [0, 0.05) is 27.8 Å². The molecule has 1 atom stereocenters. The third-order valence-electron chi connectivity index (χ3n) is 4.82. The Hall–Kier alpha value is -2.81. The quantitative estimate of drug-likeness (QED) is 0.527. The molecule has 1 aliphatic heterocycles. The first kappa shape index (κ1) is 20.5. The van der Waals surface area contributed by atoms with Crippen molar-refractivity contribution in [3.05, 3.63) is 59.4 Å². The molecule has 9 heteroatoms. The molecule has 0 fully saturated rings. The van der Waals surface area contributed by atoms with E-state index in [0.29, 0.717) is 46.4 Å². The second kappa shape index (κ2) is 7.79. The Labute approximate surface area is 175 Å². The molecule has 156 valence electrons. The molecule has 1 aromatic heterocycles. The Morgan fingerprint density at radius 2 is 1.93 bits per heavy atom. The SMILES string of the molecule is Cc1noc(-c2ccc(C(=O)N3CCC(C)Sc4ccc(C(F)(F)F)cc43)cc2)n1. The third-order valence-corrected chi connectivity index (χ3v) is 6.05. The van der Waals surface area contributed by atoms with E-state index in [0.717, 1.165) is 12.1 Å². The number of fused-ring (bicyclic) bond motifs is 1. The summed E-state index contributed by atoms with van der Waals surface area (Å²) in [6.07, 6.45) is -3.80. The van der Waals surface area contributed by atoms with Crippen molar-refractivity contribution in [1.82, 2.24) is 10.1 Å². The van der Waals surface area contributed by atoms with Gasteiger partial charge in [0.25, 0.3) is 11.8 Å². The van der Waals surface area contributed by atoms with Crippen LogP contribution in [0.1, 0.15) is 35.1 Å². The summed E-state index contributed by atoms with van der Waals surface area (Å²) < 4.78 is 44.9. The molecule has 1 amide bonds. The average Bonchev–Trinajstić information content (AvgIpc) is 3.06. The number of benzene rings is 2. The lowest BCUT2D eigenvalue weighted by Crippen LogP contribution is -2.32. The first-order valence-corrected chi connectivity index (χ1v) is 10.2. The van der Waals surface area contributed by atoms with Crippen molar-refractivity contribution in [1.29, 1.82) is 0 Å². The fraction of sp³-hybridized carbons (Fsp3) is 0.286. The largest absolute Gasteiger partial charge is 0.416 e. The molecule has 0 bridgehead atoms. The van der Waals surface area contributed by atoms with E-state index in [1.165, 1.54) is 22.7 Å². The van der Waals surface area contributed by atoms with Crippen LogP contribution in [0.15, 0.2) is 51.9 Å². The van der Waals surface area contributed by atoms with Crippen molar-refractivity contribution in [3.63, 3.8) is 0 Å². The van der Waals surface area contributed by atoms with Crippen molar-refractivity contribution in [2.75, 3.05) is 11.4 Å². The minimum atomic E-state index is -4.48. The molecule has 2 aromatic carbocycles. The van der Waals surface area contributed by atoms with Gasteiger partial charge in [0.2, 0.25) is 0 Å². The summed E-state index contributed by atoms with van der Waals surface area (Å²) in [5.41, 5.74) is 0.557. The summed E-state index contributed by atoms with van der Waals surface area (Å²) in [6, 6.07) is 10.2. The molecule has 0 radical (unpaired) electrons. The molecule has 1 unspecified atom stereocenters. The van der Waals surface area contributed by atoms with Crippen molar-refractivity contribution < 1.29 is 22.5 Å². The van der Waals surface area contributed by atoms with Crippen LogP contribution in [-0.2, 0) is 6.18 Å². The molecule has 5 nitrogen and oxygen atoms in total. The summed E-state index contributed by atoms with van der Waals surface area (Å²) in [7, 11) is 0. The van der Waals surface area contributed by atoms with E-state index in [1.54, 1.807) is 31.2 Å². The van der Waals surface area contributed by atoms with Crippen molar-refractivity contribution in [2.24, 2.45) is 0 Å². The van der Waals surface area contributed by atoms with Crippen molar-refractivity contribution >= 4 is 23.4 Å². The lowest BCUT2D eigenvalue weighted by Gasteiger charge is -2.24. The lowest BCUT2D eigenvalue weighted by molar-refractivity contribution is -0.137. The molecule has 0 aliphatic carbocycles. The van der Waals surface area contributed by atoms with Crippen LogP contribution >= 0.6 is 11.8 Å². The normalized spacial score (nSPS) is 16.8. The minimum Gasteiger partial charge on any atom is -0.334 e. The molecule has 1 aliphatic rings. The highest BCUT2D eigenvalue weighted by Crippen LogP contribution is 2.41. The van der Waals surface area contributed by atoms with Gasteiger partial charge in [-0.3, -0.25) is 4.79 Å². The van der Waals surface area contributed by atoms with Gasteiger partial charge in [-0.1, -0.05) is 12.1 Å². The van der Waals surface area contributed by atoms with E-state index in [4.69, 9.17) is 4.52 Å². The number of nitrogens with zero attached hydrogens (tertiary/aromatic N) is 3. The molecular formula is C21H18F3N3O2S. The monoisotopic (exact) mass is 433 g/mol. The van der Waals surface area contributed by atoms with Crippen LogP contribution < -0.4 is 4.90 Å². The van der Waals surface area contributed by atoms with E-state index in [-0.39, 0.29) is 11.2 Å². The second-order valence-electron chi connectivity index (χ2n) is 7.08. The molecule has 4 rings (SSSR count). The number of alkyl halides is 3. The summed E-state index contributed by atoms with van der Waals surface area (Å²) in [5.74, 6) is 0.489. The highest BCUT2D eigenvalue weighted by molar-refractivity contribution is 8.00. The zero-order valence-electron chi connectivity index (χ0n) is 16.2. The van der Waals surface area contributed by atoms with Crippen molar-refractivity contribution in [2.45, 2.75) is 36.6 Å². The molecule has 3 aromatic rings. The van der Waals surface area contributed by atoms with E-state index >= 15 is 0 Å². The topological polar surface area (TPSA) is 59.2 Å². The van der Waals surface area contributed by atoms with E-state index in [9.17, 15) is 18.0 Å². The van der Waals surface area contributed by atoms with Crippen LogP contribution in [0, 0.1) is 6.92 Å². The molecular weight excluding hydrogens is 415 g/mol. The van der Waals surface area contributed by atoms with Gasteiger partial charge in [0.1, 0.15) is 0 Å². The fourth-order valence-electron chi connectivity index (χ4n) is 3.25. The number of amides is 1. The van der Waals surface area contributed by atoms with Gasteiger partial charge in [0.15, 0.2) is 5.82 Å². The number of rotatable bonds is 2. The van der Waals surface area contributed by atoms with Gasteiger partial charge >= 0.3 is 6.18 Å². The van der Waals surface area contributed by atoms with Crippen LogP contribution in [0.2, 0.25) is 0 Å². The number of carbonyl (C=O) groups excluding carboxylic acids is 1. The average molecular weight is 433 g/mol. The first-order valence-electron chi connectivity index (χ1n) is 9.33. The number of carbonyl (C=O) groups is 1. The van der Waals surface area contributed by atoms with E-state index in [1.807, 2.05) is 6.92 Å². The van der Waals surface area contributed by atoms with Gasteiger partial charge < -0.3 is 9.42 Å². The molecule has 0 saturated carbocycles. The van der Waals surface area contributed by atoms with Crippen LogP contribution in [0.25, 0.3) is 11.5 Å². The Kier molecular flexibility index (Phi) is 5.31. The Bertz CT molecular complexity index is 1080. The third kappa shape index (κ3) is 4.07. The lowest BCUT2D eigenvalue weighted by atomic mass is 10.1. The molecule has 0 spiro atoms.